The third-order valence-electron chi connectivity index (χ3n) is 20.9. The van der Waals surface area contributed by atoms with E-state index in [0.29, 0.717) is 60.3 Å². The average molecular weight is 1410 g/mol. The summed E-state index contributed by atoms with van der Waals surface area (Å²) in [5, 5.41) is 0. The van der Waals surface area contributed by atoms with Gasteiger partial charge in [-0.2, -0.15) is 0 Å². The van der Waals surface area contributed by atoms with Crippen LogP contribution in [0.5, 0.6) is 0 Å². The molecule has 2 spiro atoms. The monoisotopic (exact) mass is 1410 g/mol. The quantitative estimate of drug-likeness (QED) is 0.153. The smallest absolute Gasteiger partial charge is 0.415 e. The summed E-state index contributed by atoms with van der Waals surface area (Å²) in [7, 11) is -3.84. The predicted molar refractivity (Wildman–Crippen MR) is 344 cm³/mol. The molecule has 16 nitrogen and oxygen atoms in total. The maximum Gasteiger partial charge on any atom is 0.415 e. The van der Waals surface area contributed by atoms with Crippen LogP contribution in [-0.2, 0) is 39.1 Å². The van der Waals surface area contributed by atoms with Crippen LogP contribution in [0.2, 0.25) is 0 Å². The van der Waals surface area contributed by atoms with Crippen LogP contribution in [0.3, 0.4) is 0 Å². The van der Waals surface area contributed by atoms with Crippen molar-refractivity contribution >= 4 is 112 Å². The van der Waals surface area contributed by atoms with Gasteiger partial charge in [0.25, 0.3) is 0 Å². The van der Waals surface area contributed by atoms with Gasteiger partial charge in [-0.25, -0.2) is 35.0 Å². The van der Waals surface area contributed by atoms with Crippen LogP contribution in [0.1, 0.15) is 131 Å². The number of nitrogens with zero attached hydrogens (tertiary/aromatic N) is 6. The van der Waals surface area contributed by atoms with Gasteiger partial charge in [-0.15, -0.1) is 0 Å². The molecule has 6 fully saturated rings. The summed E-state index contributed by atoms with van der Waals surface area (Å²) in [6.45, 7) is 20.2. The fraction of sp³-hybridized carbons (Fsp3) is 0.562. The maximum absolute atomic E-state index is 14.9. The number of hydrogen-bond donors (Lipinski definition) is 0. The van der Waals surface area contributed by atoms with Crippen molar-refractivity contribution < 1.29 is 45.5 Å². The minimum absolute atomic E-state index is 0.0101. The van der Waals surface area contributed by atoms with E-state index < -0.39 is 90.0 Å². The van der Waals surface area contributed by atoms with E-state index in [1.54, 1.807) is 9.80 Å². The molecule has 4 aliphatic carbocycles. The lowest BCUT2D eigenvalue weighted by molar-refractivity contribution is -0.131. The minimum Gasteiger partial charge on any atom is -0.443 e. The number of sulfonamides is 2. The number of benzene rings is 4. The average Bonchev–Trinajstić information content (AvgIpc) is 1.56. The van der Waals surface area contributed by atoms with E-state index in [4.69, 9.17) is 9.47 Å². The number of fused-ring (bicyclic) bond motifs is 4. The highest BCUT2D eigenvalue weighted by molar-refractivity contribution is 14.1. The Hall–Kier alpha value is -4.68. The number of ether oxygens (including phenoxy) is 2. The number of carbonyl (C=O) groups is 4. The first-order valence-electron chi connectivity index (χ1n) is 29.4. The zero-order valence-corrected chi connectivity index (χ0v) is 56.2. The Labute approximate surface area is 524 Å². The Morgan fingerprint density at radius 1 is 0.560 bits per heavy atom. The van der Waals surface area contributed by atoms with E-state index >= 15 is 0 Å². The molecular formula is C64H80I2N6O10S2. The summed E-state index contributed by atoms with van der Waals surface area (Å²) >= 11 is 4.41. The number of rotatable bonds is 8. The van der Waals surface area contributed by atoms with Crippen molar-refractivity contribution in [3.05, 3.63) is 115 Å². The van der Waals surface area contributed by atoms with Gasteiger partial charge in [0, 0.05) is 56.5 Å². The normalized spacial score (nSPS) is 30.3. The summed E-state index contributed by atoms with van der Waals surface area (Å²) in [6.07, 6.45) is 3.96. The van der Waals surface area contributed by atoms with Crippen LogP contribution < -0.4 is 19.6 Å². The number of amides is 4. The van der Waals surface area contributed by atoms with Gasteiger partial charge >= 0.3 is 12.2 Å². The van der Waals surface area contributed by atoms with Gasteiger partial charge in [-0.3, -0.25) is 19.4 Å². The van der Waals surface area contributed by atoms with Crippen LogP contribution in [0, 0.1) is 40.6 Å². The second kappa shape index (κ2) is 21.0. The van der Waals surface area contributed by atoms with E-state index in [1.165, 1.54) is 8.61 Å². The van der Waals surface area contributed by atoms with Gasteiger partial charge in [0.05, 0.1) is 58.9 Å². The van der Waals surface area contributed by atoms with Gasteiger partial charge in [-0.1, -0.05) is 64.1 Å². The minimum atomic E-state index is -3.85. The molecule has 84 heavy (non-hydrogen) atoms. The molecule has 4 aromatic rings. The van der Waals surface area contributed by atoms with Crippen molar-refractivity contribution in [2.24, 2.45) is 33.5 Å². The Bertz CT molecular complexity index is 3310. The highest BCUT2D eigenvalue weighted by Gasteiger charge is 2.74. The fourth-order valence-corrected chi connectivity index (χ4v) is 22.8. The summed E-state index contributed by atoms with van der Waals surface area (Å²) in [4.78, 5) is 64.7. The zero-order valence-electron chi connectivity index (χ0n) is 50.3. The van der Waals surface area contributed by atoms with Crippen LogP contribution in [0.15, 0.2) is 97.1 Å². The molecule has 12 rings (SSSR count). The Morgan fingerprint density at radius 2 is 0.905 bits per heavy atom. The molecule has 8 aliphatic rings. The van der Waals surface area contributed by atoms with Crippen molar-refractivity contribution in [1.82, 2.24) is 8.61 Å². The molecule has 20 heteroatoms. The van der Waals surface area contributed by atoms with Crippen LogP contribution in [0.25, 0.3) is 0 Å². The standard InChI is InChI=1S/2C32H40IN3O5S/c2*1-30(2,3)41-29(38)35-24-13-12-21(33)17-23(24)27(25(35)18-34(6)22-10-8-7-9-11-22)28(37)36-26-16-20-14-15-32(26,31(20,4)5)19-42(36,39)40/h2*7-13,17,20,25-27H,14-16,18-19H2,1-6H3/t2*20-,25+,26-,27-,32-/m00/s1. The zero-order chi connectivity index (χ0) is 60.8. The summed E-state index contributed by atoms with van der Waals surface area (Å²) < 4.78 is 72.0. The van der Waals surface area contributed by atoms with Crippen molar-refractivity contribution in [3.63, 3.8) is 0 Å². The lowest BCUT2D eigenvalue weighted by atomic mass is 9.69. The van der Waals surface area contributed by atoms with Gasteiger partial charge in [0.2, 0.25) is 31.9 Å². The Kier molecular flexibility index (Phi) is 15.2. The first kappa shape index (κ1) is 61.0. The lowest BCUT2D eigenvalue weighted by Gasteiger charge is -2.38. The summed E-state index contributed by atoms with van der Waals surface area (Å²) in [6, 6.07) is 28.9. The molecule has 4 amide bonds. The lowest BCUT2D eigenvalue weighted by Crippen LogP contribution is -2.52. The van der Waals surface area contributed by atoms with E-state index in [2.05, 4.69) is 72.9 Å². The number of anilines is 4. The SMILES string of the molecule is CN(C[C@@H]1[C@@H](C(=O)N2[C@H]3C[C@@H]4CC[C@@]3(CS2(=O)=O)C4(C)C)c2cc(I)ccc2N1C(=O)OC(C)(C)C)c1ccccc1.CN(C[C@@H]1[C@@H](C(=O)N2[C@H]3C[C@@H]4CC[C@@]3(CS2(=O)=O)C4(C)C)c2cc(I)ccc2N1C(=O)OC(C)(C)C)c1ccccc1. The second-order valence-electron chi connectivity index (χ2n) is 28.1. The fourth-order valence-electron chi connectivity index (χ4n) is 16.7. The van der Waals surface area contributed by atoms with Crippen molar-refractivity contribution in [3.8, 4) is 0 Å². The molecule has 0 N–H and O–H groups in total. The van der Waals surface area contributed by atoms with E-state index in [9.17, 15) is 36.0 Å². The summed E-state index contributed by atoms with van der Waals surface area (Å²) in [5.41, 5.74) is 1.71. The third-order valence-corrected chi connectivity index (χ3v) is 26.1. The van der Waals surface area contributed by atoms with Gasteiger partial charge in [0.15, 0.2) is 0 Å². The van der Waals surface area contributed by atoms with E-state index in [1.807, 2.05) is 162 Å². The molecule has 4 aromatic carbocycles. The first-order chi connectivity index (χ1) is 39.1. The highest BCUT2D eigenvalue weighted by Crippen LogP contribution is 2.72. The van der Waals surface area contributed by atoms with Gasteiger partial charge in [-0.05, 0) is 220 Å². The van der Waals surface area contributed by atoms with Crippen molar-refractivity contribution in [2.45, 2.75) is 155 Å². The summed E-state index contributed by atoms with van der Waals surface area (Å²) in [5.74, 6) is -1.78. The van der Waals surface area contributed by atoms with E-state index in [-0.39, 0.29) is 34.4 Å². The molecule has 4 heterocycles. The number of carbonyl (C=O) groups excluding carboxylic acids is 4. The van der Waals surface area contributed by atoms with Gasteiger partial charge in [0.1, 0.15) is 11.2 Å². The molecular weight excluding hydrogens is 1330 g/mol. The number of para-hydroxylation sites is 2. The predicted octanol–water partition coefficient (Wildman–Crippen LogP) is 12.0. The maximum atomic E-state index is 14.9. The van der Waals surface area contributed by atoms with Crippen molar-refractivity contribution in [2.75, 3.05) is 58.3 Å². The number of hydrogen-bond acceptors (Lipinski definition) is 12. The topological polar surface area (TPSA) is 174 Å². The molecule has 0 aromatic heterocycles. The highest BCUT2D eigenvalue weighted by atomic mass is 127. The molecule has 4 aliphatic heterocycles. The molecule has 0 unspecified atom stereocenters. The second-order valence-corrected chi connectivity index (χ2v) is 34.3. The molecule has 2 saturated heterocycles. The Balaban J connectivity index is 0.000000175. The van der Waals surface area contributed by atoms with Crippen molar-refractivity contribution in [1.29, 1.82) is 0 Å². The largest absolute Gasteiger partial charge is 0.443 e. The van der Waals surface area contributed by atoms with Crippen LogP contribution in [0.4, 0.5) is 32.3 Å². The van der Waals surface area contributed by atoms with E-state index in [0.717, 1.165) is 44.2 Å². The molecule has 0 radical (unpaired) electrons. The van der Waals surface area contributed by atoms with Crippen LogP contribution >= 0.6 is 45.2 Å². The molecule has 452 valence electrons. The Morgan fingerprint density at radius 3 is 1.23 bits per heavy atom. The number of halogens is 2. The molecule has 4 bridgehead atoms. The molecule has 10 atom stereocenters. The van der Waals surface area contributed by atoms with Gasteiger partial charge < -0.3 is 19.3 Å². The molecule has 4 saturated carbocycles. The third kappa shape index (κ3) is 9.90. The first-order valence-corrected chi connectivity index (χ1v) is 34.8. The number of likely N-dealkylation sites (N-methyl/N-ethyl adjacent to an activating group) is 2. The van der Waals surface area contributed by atoms with Crippen LogP contribution in [-0.4, -0.2) is 124 Å².